The van der Waals surface area contributed by atoms with Crippen LogP contribution in [0.1, 0.15) is 16.7 Å². The molecule has 0 aliphatic carbocycles. The van der Waals surface area contributed by atoms with Gasteiger partial charge in [0.2, 0.25) is 11.8 Å². The second-order valence-corrected chi connectivity index (χ2v) is 9.64. The van der Waals surface area contributed by atoms with E-state index in [1.807, 2.05) is 92.0 Å². The number of likely N-dealkylation sites (N-methyl/N-ethyl adjacent to an activating group) is 1. The fourth-order valence-electron chi connectivity index (χ4n) is 4.51. The van der Waals surface area contributed by atoms with Crippen LogP contribution in [-0.2, 0) is 6.61 Å². The third-order valence-electron chi connectivity index (χ3n) is 6.61. The van der Waals surface area contributed by atoms with E-state index in [4.69, 9.17) is 14.2 Å². The van der Waals surface area contributed by atoms with Crippen LogP contribution < -0.4 is 14.2 Å². The minimum Gasteiger partial charge on any atom is -0.485 e. The van der Waals surface area contributed by atoms with Crippen LogP contribution in [0.5, 0.6) is 29.0 Å². The molecule has 0 N–H and O–H groups in total. The van der Waals surface area contributed by atoms with Gasteiger partial charge in [-0.1, -0.05) is 72.8 Å². The summed E-state index contributed by atoms with van der Waals surface area (Å²) in [7, 11) is 2.03. The molecule has 1 aliphatic heterocycles. The fraction of sp³-hybridized carbons (Fsp3) is 0.118. The zero-order valence-corrected chi connectivity index (χ0v) is 23.0. The van der Waals surface area contributed by atoms with Crippen molar-refractivity contribution in [1.29, 1.82) is 5.26 Å². The maximum Gasteiger partial charge on any atom is 0.226 e. The second-order valence-electron chi connectivity index (χ2n) is 9.64. The largest absolute Gasteiger partial charge is 0.485 e. The summed E-state index contributed by atoms with van der Waals surface area (Å²) >= 11 is 0. The Morgan fingerprint density at radius 3 is 2.24 bits per heavy atom. The number of ether oxygens (including phenoxy) is 3. The number of hydrogen-bond donors (Lipinski definition) is 0. The summed E-state index contributed by atoms with van der Waals surface area (Å²) < 4.78 is 18.6. The Kier molecular flexibility index (Phi) is 7.73. The first-order chi connectivity index (χ1) is 20.6. The minimum absolute atomic E-state index is 0.245. The van der Waals surface area contributed by atoms with Gasteiger partial charge in [-0.15, -0.1) is 0 Å². The summed E-state index contributed by atoms with van der Waals surface area (Å²) in [5.74, 6) is 3.36. The molecule has 8 nitrogen and oxygen atoms in total. The highest BCUT2D eigenvalue weighted by Gasteiger charge is 2.17. The normalized spacial score (nSPS) is 12.4. The van der Waals surface area contributed by atoms with E-state index in [9.17, 15) is 5.26 Å². The molecule has 1 aromatic heterocycles. The Hall–Kier alpha value is -5.68. The van der Waals surface area contributed by atoms with Crippen LogP contribution in [0.3, 0.4) is 0 Å². The molecule has 8 heteroatoms. The molecule has 6 rings (SSSR count). The summed E-state index contributed by atoms with van der Waals surface area (Å²) in [5, 5.41) is 9.54. The zero-order valence-electron chi connectivity index (χ0n) is 23.0. The van der Waals surface area contributed by atoms with Gasteiger partial charge in [0.15, 0.2) is 17.3 Å². The number of amidine groups is 1. The quantitative estimate of drug-likeness (QED) is 0.197. The van der Waals surface area contributed by atoms with Crippen molar-refractivity contribution in [2.45, 2.75) is 6.61 Å². The maximum atomic E-state index is 9.54. The van der Waals surface area contributed by atoms with Crippen molar-refractivity contribution in [2.75, 3.05) is 20.1 Å². The highest BCUT2D eigenvalue weighted by Crippen LogP contribution is 2.35. The van der Waals surface area contributed by atoms with E-state index >= 15 is 0 Å². The van der Waals surface area contributed by atoms with Gasteiger partial charge in [0.25, 0.3) is 0 Å². The molecule has 0 bridgehead atoms. The predicted molar refractivity (Wildman–Crippen MR) is 160 cm³/mol. The van der Waals surface area contributed by atoms with E-state index in [2.05, 4.69) is 25.9 Å². The third kappa shape index (κ3) is 6.21. The second kappa shape index (κ2) is 12.2. The van der Waals surface area contributed by atoms with Crippen LogP contribution in [0.2, 0.25) is 0 Å². The molecule has 0 radical (unpaired) electrons. The SMILES string of the molecule is CN1CCN=C1c1cccc(Oc2cc(Oc3cc(C#N)ccc3OCc3ccccc3)nc(-c3ccccc3)n2)c1. The van der Waals surface area contributed by atoms with E-state index in [1.54, 1.807) is 24.3 Å². The number of nitrogens with zero attached hydrogens (tertiary/aromatic N) is 5. The monoisotopic (exact) mass is 553 g/mol. The van der Waals surface area contributed by atoms with Gasteiger partial charge in [-0.2, -0.15) is 15.2 Å². The van der Waals surface area contributed by atoms with Crippen molar-refractivity contribution in [1.82, 2.24) is 14.9 Å². The van der Waals surface area contributed by atoms with Gasteiger partial charge in [-0.25, -0.2) is 0 Å². The number of aromatic nitrogens is 2. The Balaban J connectivity index is 1.33. The smallest absolute Gasteiger partial charge is 0.226 e. The fourth-order valence-corrected chi connectivity index (χ4v) is 4.51. The lowest BCUT2D eigenvalue weighted by Gasteiger charge is -2.15. The van der Waals surface area contributed by atoms with Crippen LogP contribution in [-0.4, -0.2) is 40.8 Å². The molecule has 0 unspecified atom stereocenters. The molecule has 0 amide bonds. The standard InChI is InChI=1S/C34H27N5O3/c1-39-18-17-36-34(39)27-13-8-14-28(20-27)41-31-21-32(38-33(37-31)26-11-6-3-7-12-26)42-30-19-25(22-35)15-16-29(30)40-23-24-9-4-2-5-10-24/h2-16,19-21H,17-18,23H2,1H3. The molecule has 0 spiro atoms. The highest BCUT2D eigenvalue weighted by molar-refractivity contribution is 5.99. The van der Waals surface area contributed by atoms with E-state index in [0.29, 0.717) is 41.1 Å². The molecule has 206 valence electrons. The van der Waals surface area contributed by atoms with Gasteiger partial charge in [0, 0.05) is 30.8 Å². The molecule has 0 saturated heterocycles. The average Bonchev–Trinajstić information content (AvgIpc) is 3.47. The molecule has 42 heavy (non-hydrogen) atoms. The van der Waals surface area contributed by atoms with Gasteiger partial charge in [0.05, 0.1) is 24.2 Å². The first kappa shape index (κ1) is 26.5. The Bertz CT molecular complexity index is 1770. The van der Waals surface area contributed by atoms with Crippen molar-refractivity contribution >= 4 is 5.84 Å². The van der Waals surface area contributed by atoms with Gasteiger partial charge in [0.1, 0.15) is 18.2 Å². The topological polar surface area (TPSA) is 92.9 Å². The zero-order chi connectivity index (χ0) is 28.7. The summed E-state index contributed by atoms with van der Waals surface area (Å²) in [6.45, 7) is 2.00. The van der Waals surface area contributed by atoms with E-state index in [0.717, 1.165) is 35.6 Å². The molecular weight excluding hydrogens is 526 g/mol. The predicted octanol–water partition coefficient (Wildman–Crippen LogP) is 6.87. The molecule has 0 atom stereocenters. The number of rotatable bonds is 9. The van der Waals surface area contributed by atoms with Crippen LogP contribution in [0.15, 0.2) is 114 Å². The molecule has 0 saturated carbocycles. The number of nitriles is 1. The van der Waals surface area contributed by atoms with Gasteiger partial charge in [-0.05, 0) is 29.8 Å². The number of hydrogen-bond acceptors (Lipinski definition) is 8. The van der Waals surface area contributed by atoms with Crippen LogP contribution in [0.4, 0.5) is 0 Å². The van der Waals surface area contributed by atoms with E-state index < -0.39 is 0 Å². The third-order valence-corrected chi connectivity index (χ3v) is 6.61. The highest BCUT2D eigenvalue weighted by atomic mass is 16.5. The van der Waals surface area contributed by atoms with Crippen LogP contribution >= 0.6 is 0 Å². The Morgan fingerprint density at radius 1 is 0.762 bits per heavy atom. The molecule has 0 fully saturated rings. The first-order valence-electron chi connectivity index (χ1n) is 13.5. The Morgan fingerprint density at radius 2 is 1.50 bits per heavy atom. The Labute approximate surface area is 244 Å². The summed E-state index contributed by atoms with van der Waals surface area (Å²) in [6.07, 6.45) is 0. The number of aliphatic imine (C=N–C) groups is 1. The molecule has 1 aliphatic rings. The van der Waals surface area contributed by atoms with Crippen molar-refractivity contribution in [3.05, 3.63) is 126 Å². The van der Waals surface area contributed by atoms with Crippen molar-refractivity contribution < 1.29 is 14.2 Å². The lowest BCUT2D eigenvalue weighted by Crippen LogP contribution is -2.23. The molecule has 2 heterocycles. The lowest BCUT2D eigenvalue weighted by atomic mass is 10.2. The van der Waals surface area contributed by atoms with E-state index in [-0.39, 0.29) is 5.88 Å². The lowest BCUT2D eigenvalue weighted by molar-refractivity contribution is 0.290. The van der Waals surface area contributed by atoms with Crippen molar-refractivity contribution in [3.8, 4) is 46.5 Å². The van der Waals surface area contributed by atoms with Crippen LogP contribution in [0, 0.1) is 11.3 Å². The summed E-state index contributed by atoms with van der Waals surface area (Å²) in [6, 6.07) is 36.0. The number of benzene rings is 4. The van der Waals surface area contributed by atoms with E-state index in [1.165, 1.54) is 0 Å². The molecular formula is C34H27N5O3. The summed E-state index contributed by atoms with van der Waals surface area (Å²) in [5.41, 5.74) is 3.21. The molecule has 4 aromatic carbocycles. The van der Waals surface area contributed by atoms with Crippen molar-refractivity contribution in [3.63, 3.8) is 0 Å². The minimum atomic E-state index is 0.245. The molecule has 5 aromatic rings. The van der Waals surface area contributed by atoms with Gasteiger partial charge < -0.3 is 19.1 Å². The first-order valence-corrected chi connectivity index (χ1v) is 13.5. The van der Waals surface area contributed by atoms with Gasteiger partial charge >= 0.3 is 0 Å². The average molecular weight is 554 g/mol. The maximum absolute atomic E-state index is 9.54. The van der Waals surface area contributed by atoms with Crippen molar-refractivity contribution in [2.24, 2.45) is 4.99 Å². The van der Waals surface area contributed by atoms with Gasteiger partial charge in [-0.3, -0.25) is 4.99 Å². The van der Waals surface area contributed by atoms with Crippen LogP contribution in [0.25, 0.3) is 11.4 Å². The summed E-state index contributed by atoms with van der Waals surface area (Å²) in [4.78, 5) is 16.1.